The van der Waals surface area contributed by atoms with Gasteiger partial charge in [0.15, 0.2) is 0 Å². The minimum Gasteiger partial charge on any atom is -0.394 e. The van der Waals surface area contributed by atoms with Gasteiger partial charge in [-0.15, -0.1) is 0 Å². The van der Waals surface area contributed by atoms with E-state index in [4.69, 9.17) is 23.2 Å². The SMILES string of the molecule is CCCNc1nc(N2CCCCCC2CO)c(Cl)cc1Cl. The van der Waals surface area contributed by atoms with Crippen LogP contribution in [0.4, 0.5) is 11.6 Å². The number of pyridine rings is 1. The summed E-state index contributed by atoms with van der Waals surface area (Å²) in [5.74, 6) is 1.39. The smallest absolute Gasteiger partial charge is 0.150 e. The molecule has 1 unspecified atom stereocenters. The fourth-order valence-corrected chi connectivity index (χ4v) is 3.21. The summed E-state index contributed by atoms with van der Waals surface area (Å²) in [5.41, 5.74) is 0. The molecule has 0 bridgehead atoms. The molecule has 21 heavy (non-hydrogen) atoms. The van der Waals surface area contributed by atoms with Crippen LogP contribution in [0.2, 0.25) is 10.0 Å². The highest BCUT2D eigenvalue weighted by Gasteiger charge is 2.24. The van der Waals surface area contributed by atoms with Crippen LogP contribution in [-0.4, -0.2) is 35.8 Å². The van der Waals surface area contributed by atoms with Crippen molar-refractivity contribution < 1.29 is 5.11 Å². The fourth-order valence-electron chi connectivity index (χ4n) is 2.67. The molecule has 1 fully saturated rings. The first kappa shape index (κ1) is 16.7. The van der Waals surface area contributed by atoms with Crippen LogP contribution in [0.1, 0.15) is 39.0 Å². The van der Waals surface area contributed by atoms with Gasteiger partial charge in [-0.2, -0.15) is 0 Å². The number of nitrogens with zero attached hydrogens (tertiary/aromatic N) is 2. The van der Waals surface area contributed by atoms with Gasteiger partial charge in [0.1, 0.15) is 11.6 Å². The molecule has 2 rings (SSSR count). The zero-order valence-electron chi connectivity index (χ0n) is 12.4. The van der Waals surface area contributed by atoms with Gasteiger partial charge in [0, 0.05) is 13.1 Å². The fraction of sp³-hybridized carbons (Fsp3) is 0.667. The van der Waals surface area contributed by atoms with Gasteiger partial charge in [-0.25, -0.2) is 4.98 Å². The molecule has 2 heterocycles. The second-order valence-electron chi connectivity index (χ2n) is 5.43. The Labute approximate surface area is 136 Å². The highest BCUT2D eigenvalue weighted by atomic mass is 35.5. The quantitative estimate of drug-likeness (QED) is 0.857. The van der Waals surface area contributed by atoms with Gasteiger partial charge in [-0.3, -0.25) is 0 Å². The van der Waals surface area contributed by atoms with E-state index in [9.17, 15) is 5.11 Å². The number of rotatable bonds is 5. The Bertz CT molecular complexity index is 470. The minimum atomic E-state index is 0.0812. The first-order valence-corrected chi connectivity index (χ1v) is 8.40. The average molecular weight is 332 g/mol. The number of anilines is 2. The van der Waals surface area contributed by atoms with Gasteiger partial charge in [0.05, 0.1) is 22.7 Å². The molecular weight excluding hydrogens is 309 g/mol. The summed E-state index contributed by atoms with van der Waals surface area (Å²) in [6, 6.07) is 1.82. The summed E-state index contributed by atoms with van der Waals surface area (Å²) in [4.78, 5) is 6.74. The highest BCUT2D eigenvalue weighted by molar-refractivity contribution is 6.37. The van der Waals surface area contributed by atoms with Crippen LogP contribution in [-0.2, 0) is 0 Å². The number of aliphatic hydroxyl groups is 1. The van der Waals surface area contributed by atoms with Crippen LogP contribution >= 0.6 is 23.2 Å². The lowest BCUT2D eigenvalue weighted by atomic mass is 10.1. The van der Waals surface area contributed by atoms with E-state index in [2.05, 4.69) is 22.1 Å². The summed E-state index contributed by atoms with van der Waals surface area (Å²) in [6.07, 6.45) is 5.37. The Morgan fingerprint density at radius 2 is 2.14 bits per heavy atom. The predicted octanol–water partition coefficient (Wildman–Crippen LogP) is 3.95. The maximum Gasteiger partial charge on any atom is 0.150 e. The van der Waals surface area contributed by atoms with Crippen molar-refractivity contribution in [3.05, 3.63) is 16.1 Å². The minimum absolute atomic E-state index is 0.0812. The van der Waals surface area contributed by atoms with Crippen LogP contribution in [0.5, 0.6) is 0 Å². The Balaban J connectivity index is 2.31. The molecule has 4 nitrogen and oxygen atoms in total. The number of hydrogen-bond acceptors (Lipinski definition) is 4. The van der Waals surface area contributed by atoms with Gasteiger partial charge < -0.3 is 15.3 Å². The maximum atomic E-state index is 9.65. The first-order chi connectivity index (χ1) is 10.2. The number of hydrogen-bond donors (Lipinski definition) is 2. The third kappa shape index (κ3) is 4.15. The standard InChI is InChI=1S/C15H23Cl2N3O/c1-2-7-18-14-12(16)9-13(17)15(19-14)20-8-5-3-4-6-11(20)10-21/h9,11,21H,2-8,10H2,1H3,(H,18,19). The monoisotopic (exact) mass is 331 g/mol. The van der Waals surface area contributed by atoms with E-state index in [1.54, 1.807) is 6.07 Å². The third-order valence-electron chi connectivity index (χ3n) is 3.81. The Hall–Kier alpha value is -0.710. The number of aliphatic hydroxyl groups excluding tert-OH is 1. The molecule has 1 aliphatic heterocycles. The first-order valence-electron chi connectivity index (χ1n) is 7.64. The van der Waals surface area contributed by atoms with Crippen molar-refractivity contribution in [2.45, 2.75) is 45.1 Å². The van der Waals surface area contributed by atoms with Gasteiger partial charge >= 0.3 is 0 Å². The van der Waals surface area contributed by atoms with E-state index < -0.39 is 0 Å². The molecule has 0 amide bonds. The summed E-state index contributed by atoms with van der Waals surface area (Å²) >= 11 is 12.5. The van der Waals surface area contributed by atoms with Gasteiger partial charge in [0.25, 0.3) is 0 Å². The second kappa shape index (κ2) is 8.06. The van der Waals surface area contributed by atoms with Crippen molar-refractivity contribution in [1.29, 1.82) is 0 Å². The molecule has 1 aromatic rings. The van der Waals surface area contributed by atoms with Crippen LogP contribution in [0.3, 0.4) is 0 Å². The van der Waals surface area contributed by atoms with E-state index in [1.165, 1.54) is 6.42 Å². The highest BCUT2D eigenvalue weighted by Crippen LogP contribution is 2.34. The lowest BCUT2D eigenvalue weighted by molar-refractivity contribution is 0.254. The molecule has 118 valence electrons. The van der Waals surface area contributed by atoms with Crippen LogP contribution < -0.4 is 10.2 Å². The molecule has 2 N–H and O–H groups in total. The third-order valence-corrected chi connectivity index (χ3v) is 4.38. The molecular formula is C15H23Cl2N3O. The lowest BCUT2D eigenvalue weighted by Crippen LogP contribution is -2.38. The second-order valence-corrected chi connectivity index (χ2v) is 6.24. The normalized spacial score (nSPS) is 19.4. The molecule has 0 spiro atoms. The Kier molecular flexibility index (Phi) is 6.40. The van der Waals surface area contributed by atoms with Gasteiger partial charge in [-0.1, -0.05) is 43.0 Å². The molecule has 1 saturated heterocycles. The largest absolute Gasteiger partial charge is 0.394 e. The van der Waals surface area contributed by atoms with Crippen molar-refractivity contribution in [3.8, 4) is 0 Å². The van der Waals surface area contributed by atoms with E-state index in [0.717, 1.165) is 44.6 Å². The number of aromatic nitrogens is 1. The predicted molar refractivity (Wildman–Crippen MR) is 89.7 cm³/mol. The van der Waals surface area contributed by atoms with E-state index in [0.29, 0.717) is 15.9 Å². The number of halogens is 2. The van der Waals surface area contributed by atoms with Crippen molar-refractivity contribution in [3.63, 3.8) is 0 Å². The Morgan fingerprint density at radius 3 is 2.86 bits per heavy atom. The Morgan fingerprint density at radius 1 is 1.33 bits per heavy atom. The van der Waals surface area contributed by atoms with Crippen LogP contribution in [0, 0.1) is 0 Å². The molecule has 0 aromatic carbocycles. The van der Waals surface area contributed by atoms with Gasteiger partial charge in [0.2, 0.25) is 0 Å². The van der Waals surface area contributed by atoms with E-state index in [-0.39, 0.29) is 12.6 Å². The molecule has 6 heteroatoms. The molecule has 0 saturated carbocycles. The summed E-state index contributed by atoms with van der Waals surface area (Å²) in [5, 5.41) is 14.0. The molecule has 0 aliphatic carbocycles. The summed E-state index contributed by atoms with van der Waals surface area (Å²) in [7, 11) is 0. The van der Waals surface area contributed by atoms with Crippen molar-refractivity contribution in [1.82, 2.24) is 4.98 Å². The van der Waals surface area contributed by atoms with Crippen molar-refractivity contribution in [2.24, 2.45) is 0 Å². The maximum absolute atomic E-state index is 9.65. The topological polar surface area (TPSA) is 48.4 Å². The summed E-state index contributed by atoms with van der Waals surface area (Å²) < 4.78 is 0. The van der Waals surface area contributed by atoms with E-state index in [1.807, 2.05) is 0 Å². The molecule has 1 atom stereocenters. The molecule has 1 aliphatic rings. The summed E-state index contributed by atoms with van der Waals surface area (Å²) in [6.45, 7) is 3.90. The van der Waals surface area contributed by atoms with Gasteiger partial charge in [-0.05, 0) is 25.3 Å². The lowest BCUT2D eigenvalue weighted by Gasteiger charge is -2.31. The molecule has 1 aromatic heterocycles. The molecule has 0 radical (unpaired) electrons. The number of nitrogens with one attached hydrogen (secondary N) is 1. The zero-order valence-corrected chi connectivity index (χ0v) is 13.9. The van der Waals surface area contributed by atoms with Crippen molar-refractivity contribution in [2.75, 3.05) is 29.9 Å². The van der Waals surface area contributed by atoms with Crippen LogP contribution in [0.25, 0.3) is 0 Å². The average Bonchev–Trinajstić information content (AvgIpc) is 2.71. The zero-order chi connectivity index (χ0) is 15.2. The van der Waals surface area contributed by atoms with Crippen LogP contribution in [0.15, 0.2) is 6.07 Å². The van der Waals surface area contributed by atoms with E-state index >= 15 is 0 Å². The van der Waals surface area contributed by atoms with Crippen molar-refractivity contribution >= 4 is 34.8 Å².